The maximum absolute atomic E-state index is 12.4. The van der Waals surface area contributed by atoms with E-state index in [4.69, 9.17) is 0 Å². The molecule has 1 saturated heterocycles. The summed E-state index contributed by atoms with van der Waals surface area (Å²) < 4.78 is 0. The molecule has 3 heterocycles. The molecule has 0 radical (unpaired) electrons. The first kappa shape index (κ1) is 21.6. The van der Waals surface area contributed by atoms with Crippen LogP contribution >= 0.6 is 0 Å². The van der Waals surface area contributed by atoms with Crippen LogP contribution < -0.4 is 15.5 Å². The van der Waals surface area contributed by atoms with E-state index in [1.54, 1.807) is 6.20 Å². The Kier molecular flexibility index (Phi) is 7.35. The Balaban J connectivity index is 1.11. The summed E-state index contributed by atoms with van der Waals surface area (Å²) in [5.41, 5.74) is 2.94. The third kappa shape index (κ3) is 5.94. The number of piperidine rings is 1. The zero-order valence-electron chi connectivity index (χ0n) is 18.5. The number of aromatic nitrogens is 2. The molecule has 1 aromatic carbocycles. The molecule has 0 saturated carbocycles. The summed E-state index contributed by atoms with van der Waals surface area (Å²) in [6.07, 6.45) is 6.62. The number of hydrogen-bond acceptors (Lipinski definition) is 6. The Morgan fingerprint density at radius 1 is 1.13 bits per heavy atom. The van der Waals surface area contributed by atoms with Crippen LogP contribution in [-0.4, -0.2) is 60.5 Å². The van der Waals surface area contributed by atoms with Gasteiger partial charge in [-0.2, -0.15) is 4.98 Å². The van der Waals surface area contributed by atoms with E-state index in [9.17, 15) is 4.79 Å². The lowest BCUT2D eigenvalue weighted by Crippen LogP contribution is -2.37. The molecule has 2 aromatic rings. The molecule has 31 heavy (non-hydrogen) atoms. The predicted octanol–water partition coefficient (Wildman–Crippen LogP) is 2.69. The zero-order valence-corrected chi connectivity index (χ0v) is 18.5. The number of anilines is 2. The first-order chi connectivity index (χ1) is 15.2. The highest BCUT2D eigenvalue weighted by Gasteiger charge is 2.22. The number of nitrogens with zero attached hydrogens (tertiary/aromatic N) is 4. The summed E-state index contributed by atoms with van der Waals surface area (Å²) in [5.74, 6) is 2.26. The fourth-order valence-electron chi connectivity index (χ4n) is 4.62. The minimum atomic E-state index is 0.196. The van der Waals surface area contributed by atoms with E-state index < -0.39 is 0 Å². The molecule has 2 aliphatic rings. The van der Waals surface area contributed by atoms with Crippen molar-refractivity contribution in [2.45, 2.75) is 38.6 Å². The quantitative estimate of drug-likeness (QED) is 0.638. The van der Waals surface area contributed by atoms with Gasteiger partial charge in [-0.15, -0.1) is 0 Å². The van der Waals surface area contributed by atoms with Crippen LogP contribution in [0.3, 0.4) is 0 Å². The number of amides is 1. The number of fused-ring (bicyclic) bond motifs is 1. The molecule has 2 aliphatic heterocycles. The molecular weight excluding hydrogens is 388 g/mol. The van der Waals surface area contributed by atoms with Gasteiger partial charge in [-0.3, -0.25) is 9.69 Å². The molecular formula is C24H34N6O. The van der Waals surface area contributed by atoms with Crippen LogP contribution in [-0.2, 0) is 17.8 Å². The van der Waals surface area contributed by atoms with Crippen molar-refractivity contribution in [3.05, 3.63) is 47.7 Å². The Bertz CT molecular complexity index is 865. The first-order valence-electron chi connectivity index (χ1n) is 11.5. The Hall–Kier alpha value is -2.67. The van der Waals surface area contributed by atoms with E-state index in [1.807, 2.05) is 13.1 Å². The average Bonchev–Trinajstić information content (AvgIpc) is 2.82. The summed E-state index contributed by atoms with van der Waals surface area (Å²) in [5, 5.41) is 6.12. The molecule has 0 bridgehead atoms. The van der Waals surface area contributed by atoms with E-state index in [-0.39, 0.29) is 5.91 Å². The van der Waals surface area contributed by atoms with Crippen molar-refractivity contribution < 1.29 is 4.79 Å². The number of hydrogen-bond donors (Lipinski definition) is 2. The smallest absolute Gasteiger partial charge is 0.224 e. The predicted molar refractivity (Wildman–Crippen MR) is 124 cm³/mol. The van der Waals surface area contributed by atoms with Crippen molar-refractivity contribution >= 4 is 17.7 Å². The Morgan fingerprint density at radius 3 is 2.74 bits per heavy atom. The molecule has 0 aliphatic carbocycles. The van der Waals surface area contributed by atoms with Gasteiger partial charge in [0.2, 0.25) is 11.9 Å². The average molecular weight is 423 g/mol. The first-order valence-corrected chi connectivity index (χ1v) is 11.5. The Morgan fingerprint density at radius 2 is 1.94 bits per heavy atom. The number of carbonyl (C=O) groups is 1. The minimum Gasteiger partial charge on any atom is -0.357 e. The normalized spacial score (nSPS) is 17.3. The molecule has 7 heteroatoms. The van der Waals surface area contributed by atoms with Crippen LogP contribution in [0.5, 0.6) is 0 Å². The van der Waals surface area contributed by atoms with Gasteiger partial charge in [0.25, 0.3) is 0 Å². The second kappa shape index (κ2) is 10.6. The fourth-order valence-corrected chi connectivity index (χ4v) is 4.62. The van der Waals surface area contributed by atoms with Crippen molar-refractivity contribution in [3.8, 4) is 0 Å². The third-order valence-corrected chi connectivity index (χ3v) is 6.46. The lowest BCUT2D eigenvalue weighted by molar-refractivity contribution is -0.122. The van der Waals surface area contributed by atoms with Crippen LogP contribution in [0.4, 0.5) is 11.8 Å². The largest absolute Gasteiger partial charge is 0.357 e. The summed E-state index contributed by atoms with van der Waals surface area (Å²) in [4.78, 5) is 25.9. The molecule has 4 rings (SSSR count). The summed E-state index contributed by atoms with van der Waals surface area (Å²) in [6, 6.07) is 10.7. The van der Waals surface area contributed by atoms with Gasteiger partial charge < -0.3 is 15.5 Å². The van der Waals surface area contributed by atoms with Crippen molar-refractivity contribution in [2.24, 2.45) is 5.92 Å². The number of benzene rings is 1. The molecule has 2 N–H and O–H groups in total. The second-order valence-electron chi connectivity index (χ2n) is 8.62. The van der Waals surface area contributed by atoms with Gasteiger partial charge in [0.05, 0.1) is 0 Å². The van der Waals surface area contributed by atoms with Gasteiger partial charge >= 0.3 is 0 Å². The van der Waals surface area contributed by atoms with Crippen molar-refractivity contribution in [1.29, 1.82) is 0 Å². The van der Waals surface area contributed by atoms with Crippen LogP contribution in [0.1, 0.15) is 36.8 Å². The van der Waals surface area contributed by atoms with Gasteiger partial charge in [0.1, 0.15) is 5.82 Å². The van der Waals surface area contributed by atoms with Gasteiger partial charge in [-0.05, 0) is 48.8 Å². The maximum Gasteiger partial charge on any atom is 0.224 e. The van der Waals surface area contributed by atoms with Gasteiger partial charge in [-0.25, -0.2) is 4.98 Å². The van der Waals surface area contributed by atoms with Crippen molar-refractivity contribution in [3.63, 3.8) is 0 Å². The lowest BCUT2D eigenvalue weighted by Gasteiger charge is -2.32. The van der Waals surface area contributed by atoms with Crippen LogP contribution in [0, 0.1) is 5.92 Å². The van der Waals surface area contributed by atoms with Crippen molar-refractivity contribution in [1.82, 2.24) is 20.2 Å². The monoisotopic (exact) mass is 422 g/mol. The molecule has 166 valence electrons. The molecule has 0 spiro atoms. The summed E-state index contributed by atoms with van der Waals surface area (Å²) in [6.45, 7) is 5.84. The van der Waals surface area contributed by atoms with Crippen molar-refractivity contribution in [2.75, 3.05) is 50.0 Å². The highest BCUT2D eigenvalue weighted by molar-refractivity contribution is 5.76. The van der Waals surface area contributed by atoms with Gasteiger partial charge in [0, 0.05) is 58.9 Å². The van der Waals surface area contributed by atoms with Crippen LogP contribution in [0.15, 0.2) is 36.5 Å². The van der Waals surface area contributed by atoms with Gasteiger partial charge in [0.15, 0.2) is 0 Å². The van der Waals surface area contributed by atoms with Crippen LogP contribution in [0.25, 0.3) is 0 Å². The third-order valence-electron chi connectivity index (χ3n) is 6.46. The number of carbonyl (C=O) groups excluding carboxylic acids is 1. The fraction of sp³-hybridized carbons (Fsp3) is 0.542. The zero-order chi connectivity index (χ0) is 21.5. The molecule has 7 nitrogen and oxygen atoms in total. The highest BCUT2D eigenvalue weighted by Crippen LogP contribution is 2.24. The highest BCUT2D eigenvalue weighted by atomic mass is 16.1. The van der Waals surface area contributed by atoms with Crippen LogP contribution in [0.2, 0.25) is 0 Å². The summed E-state index contributed by atoms with van der Waals surface area (Å²) >= 11 is 0. The molecule has 0 atom stereocenters. The molecule has 1 amide bonds. The van der Waals surface area contributed by atoms with E-state index in [1.165, 1.54) is 11.1 Å². The lowest BCUT2D eigenvalue weighted by atomic mass is 9.93. The molecule has 1 aromatic heterocycles. The number of nitrogens with one attached hydrogen (secondary N) is 2. The van der Waals surface area contributed by atoms with Gasteiger partial charge in [-0.1, -0.05) is 24.3 Å². The molecule has 1 fully saturated rings. The molecule has 0 unspecified atom stereocenters. The van der Waals surface area contributed by atoms with E-state index in [2.05, 4.69) is 54.7 Å². The standard InChI is InChI=1S/C24H34N6O/c1-25-24-27-12-7-22(28-24)30-15-8-19(9-16-30)17-23(31)26-11-4-13-29-14-10-20-5-2-3-6-21(20)18-29/h2-3,5-7,12,19H,4,8-11,13-18H2,1H3,(H,26,31)(H,25,27,28). The van der Waals surface area contributed by atoms with E-state index in [0.717, 1.165) is 70.8 Å². The van der Waals surface area contributed by atoms with E-state index in [0.29, 0.717) is 18.3 Å². The summed E-state index contributed by atoms with van der Waals surface area (Å²) in [7, 11) is 1.83. The second-order valence-corrected chi connectivity index (χ2v) is 8.62. The SMILES string of the molecule is CNc1nccc(N2CCC(CC(=O)NCCCN3CCc4ccccc4C3)CC2)n1. The maximum atomic E-state index is 12.4. The minimum absolute atomic E-state index is 0.196. The number of rotatable bonds is 8. The van der Waals surface area contributed by atoms with E-state index >= 15 is 0 Å². The Labute approximate surface area is 185 Å². The topological polar surface area (TPSA) is 73.4 Å².